The molecular formula is C23H24Br2N2O. The van der Waals surface area contributed by atoms with Crippen LogP contribution in [0.4, 0.5) is 5.69 Å². The van der Waals surface area contributed by atoms with Crippen LogP contribution in [-0.4, -0.2) is 36.8 Å². The summed E-state index contributed by atoms with van der Waals surface area (Å²) in [5.74, 6) is 0.985. The van der Waals surface area contributed by atoms with Crippen molar-refractivity contribution in [2.24, 2.45) is 0 Å². The number of anilines is 1. The highest BCUT2D eigenvalue weighted by Gasteiger charge is 2.47. The van der Waals surface area contributed by atoms with Gasteiger partial charge in [-0.15, -0.1) is 0 Å². The summed E-state index contributed by atoms with van der Waals surface area (Å²) in [6, 6.07) is 15.0. The van der Waals surface area contributed by atoms with Gasteiger partial charge in [0.2, 0.25) is 0 Å². The van der Waals surface area contributed by atoms with Crippen LogP contribution in [0, 0.1) is 0 Å². The van der Waals surface area contributed by atoms with Crippen LogP contribution in [0.3, 0.4) is 0 Å². The fraction of sp³-hybridized carbons (Fsp3) is 0.391. The molecular weight excluding hydrogens is 480 g/mol. The van der Waals surface area contributed by atoms with Crippen molar-refractivity contribution in [3.05, 3.63) is 62.5 Å². The highest BCUT2D eigenvalue weighted by Crippen LogP contribution is 2.48. The van der Waals surface area contributed by atoms with Gasteiger partial charge in [0.15, 0.2) is 5.72 Å². The molecule has 2 aromatic carbocycles. The summed E-state index contributed by atoms with van der Waals surface area (Å²) in [7, 11) is 0. The Morgan fingerprint density at radius 3 is 2.50 bits per heavy atom. The van der Waals surface area contributed by atoms with E-state index >= 15 is 0 Å². The first-order chi connectivity index (χ1) is 13.7. The van der Waals surface area contributed by atoms with Crippen LogP contribution >= 0.6 is 31.9 Å². The lowest BCUT2D eigenvalue weighted by Crippen LogP contribution is -2.62. The lowest BCUT2D eigenvalue weighted by Gasteiger charge is -2.52. The SMILES string of the molecule is Brc1cc(Br)c2c(c1)C=C1CCCCC1(N1CCN(c3ccccc3)CC1)O2. The Balaban J connectivity index is 1.44. The first kappa shape index (κ1) is 18.7. The van der Waals surface area contributed by atoms with Crippen molar-refractivity contribution >= 4 is 43.6 Å². The third-order valence-electron chi connectivity index (χ3n) is 6.26. The molecule has 1 atom stereocenters. The molecule has 3 nitrogen and oxygen atoms in total. The fourth-order valence-electron chi connectivity index (χ4n) is 4.88. The number of ether oxygens (including phenoxy) is 1. The second-order valence-corrected chi connectivity index (χ2v) is 9.65. The average molecular weight is 504 g/mol. The van der Waals surface area contributed by atoms with Gasteiger partial charge >= 0.3 is 0 Å². The van der Waals surface area contributed by atoms with E-state index in [0.717, 1.165) is 53.7 Å². The first-order valence-corrected chi connectivity index (χ1v) is 11.7. The van der Waals surface area contributed by atoms with E-state index in [1.165, 1.54) is 29.7 Å². The third-order valence-corrected chi connectivity index (χ3v) is 7.31. The molecule has 5 heteroatoms. The summed E-state index contributed by atoms with van der Waals surface area (Å²) in [4.78, 5) is 5.08. The molecule has 1 unspecified atom stereocenters. The van der Waals surface area contributed by atoms with Crippen LogP contribution in [0.2, 0.25) is 0 Å². The number of hydrogen-bond acceptors (Lipinski definition) is 3. The maximum Gasteiger partial charge on any atom is 0.186 e. The molecule has 0 amide bonds. The molecule has 0 radical (unpaired) electrons. The highest BCUT2D eigenvalue weighted by molar-refractivity contribution is 9.11. The lowest BCUT2D eigenvalue weighted by molar-refractivity contribution is -0.0767. The molecule has 2 aliphatic heterocycles. The van der Waals surface area contributed by atoms with Crippen LogP contribution in [0.15, 0.2) is 57.0 Å². The predicted octanol–water partition coefficient (Wildman–Crippen LogP) is 6.08. The van der Waals surface area contributed by atoms with Crippen molar-refractivity contribution in [3.8, 4) is 5.75 Å². The van der Waals surface area contributed by atoms with E-state index in [1.807, 2.05) is 0 Å². The molecule has 146 valence electrons. The molecule has 0 aromatic heterocycles. The summed E-state index contributed by atoms with van der Waals surface area (Å²) in [6.07, 6.45) is 7.07. The zero-order valence-corrected chi connectivity index (χ0v) is 19.0. The Morgan fingerprint density at radius 2 is 1.71 bits per heavy atom. The van der Waals surface area contributed by atoms with E-state index in [0.29, 0.717) is 0 Å². The topological polar surface area (TPSA) is 15.7 Å². The van der Waals surface area contributed by atoms with E-state index < -0.39 is 0 Å². The number of hydrogen-bond donors (Lipinski definition) is 0. The molecule has 2 heterocycles. The van der Waals surface area contributed by atoms with Crippen molar-refractivity contribution < 1.29 is 4.74 Å². The minimum absolute atomic E-state index is 0.273. The summed E-state index contributed by atoms with van der Waals surface area (Å²) in [6.45, 7) is 4.12. The molecule has 1 saturated carbocycles. The van der Waals surface area contributed by atoms with Gasteiger partial charge in [-0.1, -0.05) is 34.1 Å². The third kappa shape index (κ3) is 3.21. The average Bonchev–Trinajstić information content (AvgIpc) is 2.73. The number of fused-ring (bicyclic) bond motifs is 2. The van der Waals surface area contributed by atoms with Gasteiger partial charge < -0.3 is 9.64 Å². The Bertz CT molecular complexity index is 906. The second-order valence-electron chi connectivity index (χ2n) is 7.88. The van der Waals surface area contributed by atoms with E-state index in [-0.39, 0.29) is 5.72 Å². The Morgan fingerprint density at radius 1 is 0.929 bits per heavy atom. The molecule has 5 rings (SSSR count). The molecule has 1 aliphatic carbocycles. The smallest absolute Gasteiger partial charge is 0.186 e. The van der Waals surface area contributed by atoms with E-state index in [2.05, 4.69) is 90.2 Å². The number of piperazine rings is 1. The van der Waals surface area contributed by atoms with Crippen molar-refractivity contribution in [3.63, 3.8) is 0 Å². The molecule has 3 aliphatic rings. The minimum Gasteiger partial charge on any atom is -0.467 e. The van der Waals surface area contributed by atoms with Gasteiger partial charge in [0.1, 0.15) is 5.75 Å². The number of para-hydroxylation sites is 1. The summed E-state index contributed by atoms with van der Waals surface area (Å²) in [5.41, 5.74) is 3.67. The quantitative estimate of drug-likeness (QED) is 0.493. The molecule has 2 aromatic rings. The largest absolute Gasteiger partial charge is 0.467 e. The second kappa shape index (κ2) is 7.51. The zero-order valence-electron chi connectivity index (χ0n) is 15.8. The summed E-state index contributed by atoms with van der Waals surface area (Å²) >= 11 is 7.34. The summed E-state index contributed by atoms with van der Waals surface area (Å²) in [5, 5.41) is 0. The zero-order chi connectivity index (χ0) is 19.1. The molecule has 0 bridgehead atoms. The lowest BCUT2D eigenvalue weighted by atomic mass is 9.82. The van der Waals surface area contributed by atoms with E-state index in [1.54, 1.807) is 0 Å². The van der Waals surface area contributed by atoms with Crippen LogP contribution < -0.4 is 9.64 Å². The van der Waals surface area contributed by atoms with Gasteiger partial charge in [-0.05, 0) is 71.1 Å². The maximum atomic E-state index is 6.86. The van der Waals surface area contributed by atoms with E-state index in [9.17, 15) is 0 Å². The molecule has 0 spiro atoms. The Kier molecular flexibility index (Phi) is 5.02. The van der Waals surface area contributed by atoms with Gasteiger partial charge in [-0.2, -0.15) is 0 Å². The molecule has 28 heavy (non-hydrogen) atoms. The van der Waals surface area contributed by atoms with Gasteiger partial charge in [0.25, 0.3) is 0 Å². The molecule has 2 fully saturated rings. The van der Waals surface area contributed by atoms with Gasteiger partial charge in [-0.25, -0.2) is 0 Å². The van der Waals surface area contributed by atoms with Crippen molar-refractivity contribution in [1.29, 1.82) is 0 Å². The highest BCUT2D eigenvalue weighted by atomic mass is 79.9. The number of rotatable bonds is 2. The fourth-order valence-corrected chi connectivity index (χ4v) is 6.22. The Hall–Kier alpha value is -1.30. The standard InChI is InChI=1S/C23H24Br2N2O/c24-19-15-17-14-18-6-4-5-9-23(18,28-22(17)21(25)16-19)27-12-10-26(11-13-27)20-7-2-1-3-8-20/h1-3,7-8,14-16H,4-6,9-13H2. The van der Waals surface area contributed by atoms with Crippen molar-refractivity contribution in [2.75, 3.05) is 31.1 Å². The van der Waals surface area contributed by atoms with Crippen LogP contribution in [0.1, 0.15) is 31.2 Å². The Labute approximate surface area is 183 Å². The molecule has 0 N–H and O–H groups in total. The number of benzene rings is 2. The van der Waals surface area contributed by atoms with Gasteiger partial charge in [0, 0.05) is 48.3 Å². The van der Waals surface area contributed by atoms with Crippen molar-refractivity contribution in [1.82, 2.24) is 4.90 Å². The van der Waals surface area contributed by atoms with Gasteiger partial charge in [-0.3, -0.25) is 4.90 Å². The van der Waals surface area contributed by atoms with Crippen LogP contribution in [0.5, 0.6) is 5.75 Å². The predicted molar refractivity (Wildman–Crippen MR) is 122 cm³/mol. The normalized spacial score (nSPS) is 24.8. The van der Waals surface area contributed by atoms with Gasteiger partial charge in [0.05, 0.1) is 4.47 Å². The maximum absolute atomic E-state index is 6.86. The number of halogens is 2. The monoisotopic (exact) mass is 502 g/mol. The minimum atomic E-state index is -0.273. The van der Waals surface area contributed by atoms with Crippen molar-refractivity contribution in [2.45, 2.75) is 31.4 Å². The van der Waals surface area contributed by atoms with E-state index in [4.69, 9.17) is 4.74 Å². The van der Waals surface area contributed by atoms with Crippen LogP contribution in [-0.2, 0) is 0 Å². The van der Waals surface area contributed by atoms with Crippen LogP contribution in [0.25, 0.3) is 6.08 Å². The first-order valence-electron chi connectivity index (χ1n) is 10.1. The molecule has 1 saturated heterocycles. The number of nitrogens with zero attached hydrogens (tertiary/aromatic N) is 2. The summed E-state index contributed by atoms with van der Waals surface area (Å²) < 4.78 is 8.97.